The molecule has 0 atom stereocenters. The molecule has 0 saturated carbocycles. The minimum atomic E-state index is -2.48. The van der Waals surface area contributed by atoms with E-state index in [2.05, 4.69) is 99.0 Å². The maximum Gasteiger partial charge on any atom is 4.00 e. The van der Waals surface area contributed by atoms with Crippen molar-refractivity contribution in [1.82, 2.24) is 0 Å². The summed E-state index contributed by atoms with van der Waals surface area (Å²) in [6.07, 6.45) is 0. The first-order chi connectivity index (χ1) is 16.5. The van der Waals surface area contributed by atoms with Gasteiger partial charge in [0.25, 0.3) is 0 Å². The molecule has 0 heterocycles. The van der Waals surface area contributed by atoms with Crippen molar-refractivity contribution in [3.63, 3.8) is 0 Å². The van der Waals surface area contributed by atoms with Gasteiger partial charge in [0.15, 0.2) is 0 Å². The molecule has 1 aromatic carbocycles. The van der Waals surface area contributed by atoms with E-state index in [9.17, 15) is 4.11 Å². The van der Waals surface area contributed by atoms with E-state index in [1.807, 2.05) is 24.3 Å². The third-order valence-electron chi connectivity index (χ3n) is 4.31. The van der Waals surface area contributed by atoms with Crippen LogP contribution in [-0.2, 0) is 25.8 Å². The van der Waals surface area contributed by atoms with Crippen LogP contribution < -0.4 is 5.19 Å². The second-order valence-electron chi connectivity index (χ2n) is 12.8. The molecule has 218 valence electrons. The minimum absolute atomic E-state index is 0. The van der Waals surface area contributed by atoms with Gasteiger partial charge in [-0.25, -0.2) is 12.1 Å². The third kappa shape index (κ3) is 43.5. The van der Waals surface area contributed by atoms with E-state index in [-0.39, 0.29) is 25.8 Å². The molecule has 0 saturated heterocycles. The topological polar surface area (TPSA) is 42.3 Å². The van der Waals surface area contributed by atoms with E-state index in [1.54, 1.807) is 13.1 Å². The van der Waals surface area contributed by atoms with Gasteiger partial charge in [-0.1, -0.05) is 119 Å². The van der Waals surface area contributed by atoms with Crippen molar-refractivity contribution >= 4 is 13.6 Å². The number of nitrogens with zero attached hydrogens (tertiary/aromatic N) is 3. The normalized spacial score (nSPS) is 11.2. The van der Waals surface area contributed by atoms with Gasteiger partial charge in [-0.3, -0.25) is 0 Å². The Morgan fingerprint density at radius 2 is 0.703 bits per heavy atom. The Labute approximate surface area is 253 Å². The quantitative estimate of drug-likeness (QED) is 0.112. The van der Waals surface area contributed by atoms with Crippen LogP contribution in [0, 0.1) is 35.5 Å². The van der Waals surface area contributed by atoms with E-state index in [0.717, 1.165) is 80.0 Å². The van der Waals surface area contributed by atoms with Gasteiger partial charge in [-0.15, -0.1) is 44.5 Å². The largest absolute Gasteiger partial charge is 4.00 e. The molecule has 0 amide bonds. The Hall–Kier alpha value is 0.247. The monoisotopic (exact) mass is 705 g/mol. The SMILES string of the molecule is CC(C)C[N-]CC(C)C.CC(C)C[N-]CC(C)C.CC(C)C[N-]CC(C)C.C[Si](C)(F)[c-]1cccc1.[Hf+4]. The van der Waals surface area contributed by atoms with Gasteiger partial charge >= 0.3 is 25.8 Å². The van der Waals surface area contributed by atoms with E-state index in [4.69, 9.17) is 0 Å². The minimum Gasteiger partial charge on any atom is -0.662 e. The fourth-order valence-electron chi connectivity index (χ4n) is 2.54. The molecule has 0 aliphatic heterocycles. The van der Waals surface area contributed by atoms with Crippen LogP contribution in [0.25, 0.3) is 16.0 Å². The summed E-state index contributed by atoms with van der Waals surface area (Å²) in [4.78, 5) is 0. The summed E-state index contributed by atoms with van der Waals surface area (Å²) in [5.41, 5.74) is 0. The molecule has 0 aromatic heterocycles. The molecule has 37 heavy (non-hydrogen) atoms. The van der Waals surface area contributed by atoms with Gasteiger partial charge in [0, 0.05) is 0 Å². The molecule has 1 aromatic rings. The van der Waals surface area contributed by atoms with Gasteiger partial charge in [0.05, 0.1) is 0 Å². The summed E-state index contributed by atoms with van der Waals surface area (Å²) < 4.78 is 13.1. The predicted molar refractivity (Wildman–Crippen MR) is 169 cm³/mol. The van der Waals surface area contributed by atoms with Crippen LogP contribution in [0.2, 0.25) is 13.1 Å². The maximum absolute atomic E-state index is 13.1. The Kier molecular flexibility index (Phi) is 33.3. The van der Waals surface area contributed by atoms with Crippen LogP contribution in [0.4, 0.5) is 4.11 Å². The van der Waals surface area contributed by atoms with Crippen LogP contribution in [0.3, 0.4) is 0 Å². The van der Waals surface area contributed by atoms with Gasteiger partial charge in [-0.2, -0.15) is 12.1 Å². The second kappa shape index (κ2) is 27.8. The van der Waals surface area contributed by atoms with Gasteiger partial charge in [-0.05, 0) is 13.1 Å². The number of hydrogen-bond donors (Lipinski definition) is 0. The molecule has 0 aliphatic carbocycles. The molecule has 0 aliphatic rings. The summed E-state index contributed by atoms with van der Waals surface area (Å²) in [7, 11) is -2.48. The van der Waals surface area contributed by atoms with Gasteiger partial charge in [0.1, 0.15) is 0 Å². The molecule has 0 radical (unpaired) electrons. The van der Waals surface area contributed by atoms with E-state index < -0.39 is 8.41 Å². The van der Waals surface area contributed by atoms with E-state index in [1.165, 1.54) is 0 Å². The van der Waals surface area contributed by atoms with Crippen LogP contribution in [0.5, 0.6) is 0 Å². The molecular weight excluding hydrogens is 640 g/mol. The summed E-state index contributed by atoms with van der Waals surface area (Å²) in [5.74, 6) is 4.35. The summed E-state index contributed by atoms with van der Waals surface area (Å²) in [6.45, 7) is 35.9. The molecule has 0 bridgehead atoms. The van der Waals surface area contributed by atoms with Crippen molar-refractivity contribution in [1.29, 1.82) is 0 Å². The average Bonchev–Trinajstić information content (AvgIpc) is 3.23. The molecule has 0 unspecified atom stereocenters. The molecule has 0 fully saturated rings. The molecule has 0 spiro atoms. The van der Waals surface area contributed by atoms with Crippen LogP contribution in [0.15, 0.2) is 24.3 Å². The maximum atomic E-state index is 13.1. The van der Waals surface area contributed by atoms with E-state index in [0.29, 0.717) is 0 Å². The Morgan fingerprint density at radius 3 is 0.811 bits per heavy atom. The molecule has 3 nitrogen and oxygen atoms in total. The molecule has 1 rings (SSSR count). The summed E-state index contributed by atoms with van der Waals surface area (Å²) in [6, 6.07) is 7.46. The standard InChI is InChI=1S/3C8H18N.C7H10FSi.Hf/c3*1-7(2)5-9-6-8(3)4;1-9(2,8)7-5-3-4-6-7;/h3*7-8H,5-6H2,1-4H3;3-6H,1-2H3;/q4*-1;+4. The van der Waals surface area contributed by atoms with Crippen LogP contribution >= 0.6 is 0 Å². The van der Waals surface area contributed by atoms with Crippen LogP contribution in [0.1, 0.15) is 83.1 Å². The zero-order chi connectivity index (χ0) is 28.7. The van der Waals surface area contributed by atoms with Gasteiger partial charge in [0.2, 0.25) is 8.41 Å². The molecule has 6 heteroatoms. The second-order valence-corrected chi connectivity index (χ2v) is 16.3. The zero-order valence-electron chi connectivity index (χ0n) is 27.2. The molecular formula is C31H64FHfN3Si. The first-order valence-electron chi connectivity index (χ1n) is 14.3. The zero-order valence-corrected chi connectivity index (χ0v) is 31.8. The smallest absolute Gasteiger partial charge is 0.662 e. The van der Waals surface area contributed by atoms with Crippen molar-refractivity contribution < 1.29 is 30.0 Å². The number of hydrogen-bond acceptors (Lipinski definition) is 0. The summed E-state index contributed by atoms with van der Waals surface area (Å²) in [5, 5.41) is 14.0. The Balaban J connectivity index is -0.000000194. The van der Waals surface area contributed by atoms with Crippen LogP contribution in [-0.4, -0.2) is 47.7 Å². The van der Waals surface area contributed by atoms with Crippen molar-refractivity contribution in [2.75, 3.05) is 39.3 Å². The van der Waals surface area contributed by atoms with E-state index >= 15 is 0 Å². The fraction of sp³-hybridized carbons (Fsp3) is 0.839. The van der Waals surface area contributed by atoms with Crippen molar-refractivity contribution in [2.45, 2.75) is 96.2 Å². The number of halogens is 1. The fourth-order valence-corrected chi connectivity index (χ4v) is 3.53. The first kappa shape index (κ1) is 44.3. The Morgan fingerprint density at radius 1 is 0.514 bits per heavy atom. The van der Waals surface area contributed by atoms with Gasteiger partial charge < -0.3 is 20.1 Å². The number of rotatable bonds is 13. The average molecular weight is 704 g/mol. The predicted octanol–water partition coefficient (Wildman–Crippen LogP) is 9.80. The van der Waals surface area contributed by atoms with Crippen molar-refractivity contribution in [3.05, 3.63) is 40.2 Å². The summed E-state index contributed by atoms with van der Waals surface area (Å²) >= 11 is 0. The van der Waals surface area contributed by atoms with Crippen molar-refractivity contribution in [2.24, 2.45) is 35.5 Å². The third-order valence-corrected chi connectivity index (χ3v) is 6.02. The first-order valence-corrected chi connectivity index (χ1v) is 17.2. The molecule has 0 N–H and O–H groups in total. The Bertz CT molecular complexity index is 472. The van der Waals surface area contributed by atoms with Crippen molar-refractivity contribution in [3.8, 4) is 0 Å².